The molecule has 0 aromatic carbocycles. The quantitative estimate of drug-likeness (QED) is 0.764. The summed E-state index contributed by atoms with van der Waals surface area (Å²) in [5.74, 6) is 0.898. The first kappa shape index (κ1) is 13.4. The molecule has 0 amide bonds. The van der Waals surface area contributed by atoms with Crippen LogP contribution in [-0.4, -0.2) is 23.1 Å². The van der Waals surface area contributed by atoms with Gasteiger partial charge in [0.2, 0.25) is 5.95 Å². The Morgan fingerprint density at radius 2 is 2.21 bits per heavy atom. The van der Waals surface area contributed by atoms with Gasteiger partial charge in [-0.1, -0.05) is 0 Å². The molecule has 2 rings (SSSR count). The van der Waals surface area contributed by atoms with Crippen molar-refractivity contribution in [3.8, 4) is 0 Å². The predicted octanol–water partition coefficient (Wildman–Crippen LogP) is 0.979. The molecule has 1 aliphatic heterocycles. The molecule has 0 saturated carbocycles. The molecule has 0 radical (unpaired) electrons. The third kappa shape index (κ3) is 2.97. The van der Waals surface area contributed by atoms with Crippen molar-refractivity contribution in [3.05, 3.63) is 18.0 Å². The Bertz CT molecular complexity index is 276. The first-order valence-corrected chi connectivity index (χ1v) is 4.15. The molecular formula is C8H14Cl2N4. The summed E-state index contributed by atoms with van der Waals surface area (Å²) in [5.41, 5.74) is 6.55. The second-order valence-electron chi connectivity index (χ2n) is 3.03. The van der Waals surface area contributed by atoms with E-state index < -0.39 is 0 Å². The fourth-order valence-corrected chi connectivity index (χ4v) is 1.52. The second-order valence-corrected chi connectivity index (χ2v) is 3.03. The lowest BCUT2D eigenvalue weighted by molar-refractivity contribution is 0.733. The van der Waals surface area contributed by atoms with E-state index in [0.29, 0.717) is 11.9 Å². The standard InChI is InChI=1S/C8H12N4.2ClH/c9-8-11-4-2-7(12-8)6-1-3-10-5-6;;/h2,4,6,10H,1,3,5H2,(H2,9,11,12);2*1H. The molecule has 2 heterocycles. The summed E-state index contributed by atoms with van der Waals surface area (Å²) in [6.07, 6.45) is 2.87. The highest BCUT2D eigenvalue weighted by Gasteiger charge is 2.17. The Morgan fingerprint density at radius 3 is 2.79 bits per heavy atom. The number of nitrogens with two attached hydrogens (primary N) is 1. The van der Waals surface area contributed by atoms with E-state index >= 15 is 0 Å². The van der Waals surface area contributed by atoms with Crippen molar-refractivity contribution in [2.24, 2.45) is 0 Å². The van der Waals surface area contributed by atoms with Crippen LogP contribution in [0.25, 0.3) is 0 Å². The van der Waals surface area contributed by atoms with Gasteiger partial charge in [-0.05, 0) is 19.0 Å². The molecule has 0 bridgehead atoms. The van der Waals surface area contributed by atoms with Crippen molar-refractivity contribution in [2.75, 3.05) is 18.8 Å². The lowest BCUT2D eigenvalue weighted by atomic mass is 10.1. The van der Waals surface area contributed by atoms with Crippen LogP contribution < -0.4 is 11.1 Å². The van der Waals surface area contributed by atoms with Gasteiger partial charge in [0.25, 0.3) is 0 Å². The molecule has 1 aromatic rings. The Morgan fingerprint density at radius 1 is 1.43 bits per heavy atom. The minimum Gasteiger partial charge on any atom is -0.368 e. The van der Waals surface area contributed by atoms with Crippen molar-refractivity contribution in [2.45, 2.75) is 12.3 Å². The van der Waals surface area contributed by atoms with Gasteiger partial charge in [-0.15, -0.1) is 24.8 Å². The smallest absolute Gasteiger partial charge is 0.220 e. The summed E-state index contributed by atoms with van der Waals surface area (Å²) in [7, 11) is 0. The largest absolute Gasteiger partial charge is 0.368 e. The van der Waals surface area contributed by atoms with Crippen LogP contribution in [0.3, 0.4) is 0 Å². The van der Waals surface area contributed by atoms with E-state index in [0.717, 1.165) is 25.2 Å². The molecular weight excluding hydrogens is 223 g/mol. The van der Waals surface area contributed by atoms with E-state index in [9.17, 15) is 0 Å². The second kappa shape index (κ2) is 6.01. The van der Waals surface area contributed by atoms with Gasteiger partial charge in [-0.25, -0.2) is 9.97 Å². The number of anilines is 1. The van der Waals surface area contributed by atoms with Gasteiger partial charge in [0, 0.05) is 18.7 Å². The van der Waals surface area contributed by atoms with Gasteiger partial charge in [0.1, 0.15) is 0 Å². The molecule has 1 unspecified atom stereocenters. The zero-order chi connectivity index (χ0) is 8.39. The predicted molar refractivity (Wildman–Crippen MR) is 61.2 cm³/mol. The van der Waals surface area contributed by atoms with Crippen molar-refractivity contribution >= 4 is 30.8 Å². The van der Waals surface area contributed by atoms with Crippen LogP contribution in [0.5, 0.6) is 0 Å². The van der Waals surface area contributed by atoms with Crippen LogP contribution in [0.1, 0.15) is 18.0 Å². The minimum atomic E-state index is 0. The van der Waals surface area contributed by atoms with E-state index in [2.05, 4.69) is 15.3 Å². The highest BCUT2D eigenvalue weighted by atomic mass is 35.5. The first-order chi connectivity index (χ1) is 5.86. The molecule has 80 valence electrons. The molecule has 1 aliphatic rings. The number of halogens is 2. The molecule has 1 saturated heterocycles. The number of nitrogens with zero attached hydrogens (tertiary/aromatic N) is 2. The third-order valence-electron chi connectivity index (χ3n) is 2.17. The number of aromatic nitrogens is 2. The van der Waals surface area contributed by atoms with Gasteiger partial charge in [0.05, 0.1) is 5.69 Å². The highest BCUT2D eigenvalue weighted by Crippen LogP contribution is 2.19. The van der Waals surface area contributed by atoms with Crippen LogP contribution in [0, 0.1) is 0 Å². The average Bonchev–Trinajstić information content (AvgIpc) is 2.56. The molecule has 14 heavy (non-hydrogen) atoms. The molecule has 1 atom stereocenters. The van der Waals surface area contributed by atoms with Crippen molar-refractivity contribution in [3.63, 3.8) is 0 Å². The highest BCUT2D eigenvalue weighted by molar-refractivity contribution is 5.85. The summed E-state index contributed by atoms with van der Waals surface area (Å²) < 4.78 is 0. The lowest BCUT2D eigenvalue weighted by Gasteiger charge is -2.06. The summed E-state index contributed by atoms with van der Waals surface area (Å²) in [6, 6.07) is 1.94. The number of rotatable bonds is 1. The van der Waals surface area contributed by atoms with Crippen LogP contribution >= 0.6 is 24.8 Å². The van der Waals surface area contributed by atoms with Crippen LogP contribution in [0.4, 0.5) is 5.95 Å². The molecule has 1 fully saturated rings. The monoisotopic (exact) mass is 236 g/mol. The molecule has 4 nitrogen and oxygen atoms in total. The number of nitrogens with one attached hydrogen (secondary N) is 1. The number of hydrogen-bond donors (Lipinski definition) is 2. The zero-order valence-corrected chi connectivity index (χ0v) is 9.27. The van der Waals surface area contributed by atoms with E-state index in [1.165, 1.54) is 0 Å². The van der Waals surface area contributed by atoms with E-state index in [1.807, 2.05) is 6.07 Å². The van der Waals surface area contributed by atoms with Crippen LogP contribution in [0.2, 0.25) is 0 Å². The van der Waals surface area contributed by atoms with E-state index in [1.54, 1.807) is 6.20 Å². The number of nitrogen functional groups attached to an aromatic ring is 1. The molecule has 3 N–H and O–H groups in total. The van der Waals surface area contributed by atoms with Gasteiger partial charge >= 0.3 is 0 Å². The molecule has 0 aliphatic carbocycles. The van der Waals surface area contributed by atoms with Crippen LogP contribution in [-0.2, 0) is 0 Å². The maximum absolute atomic E-state index is 5.48. The minimum absolute atomic E-state index is 0. The third-order valence-corrected chi connectivity index (χ3v) is 2.17. The summed E-state index contributed by atoms with van der Waals surface area (Å²) in [5, 5.41) is 3.29. The normalized spacial score (nSPS) is 19.6. The number of hydrogen-bond acceptors (Lipinski definition) is 4. The van der Waals surface area contributed by atoms with Crippen LogP contribution in [0.15, 0.2) is 12.3 Å². The Kier molecular flexibility index (Phi) is 5.76. The lowest BCUT2D eigenvalue weighted by Crippen LogP contribution is -2.09. The summed E-state index contributed by atoms with van der Waals surface area (Å²) in [6.45, 7) is 2.09. The van der Waals surface area contributed by atoms with E-state index in [-0.39, 0.29) is 24.8 Å². The van der Waals surface area contributed by atoms with Gasteiger partial charge in [-0.2, -0.15) is 0 Å². The molecule has 0 spiro atoms. The van der Waals surface area contributed by atoms with E-state index in [4.69, 9.17) is 5.73 Å². The maximum atomic E-state index is 5.48. The van der Waals surface area contributed by atoms with Crippen molar-refractivity contribution in [1.82, 2.24) is 15.3 Å². The molecule has 1 aromatic heterocycles. The first-order valence-electron chi connectivity index (χ1n) is 4.15. The van der Waals surface area contributed by atoms with Gasteiger partial charge in [0.15, 0.2) is 0 Å². The van der Waals surface area contributed by atoms with Crippen molar-refractivity contribution in [1.29, 1.82) is 0 Å². The fourth-order valence-electron chi connectivity index (χ4n) is 1.52. The Labute approximate surface area is 95.5 Å². The Balaban J connectivity index is 0.000000845. The fraction of sp³-hybridized carbons (Fsp3) is 0.500. The van der Waals surface area contributed by atoms with Gasteiger partial charge in [-0.3, -0.25) is 0 Å². The van der Waals surface area contributed by atoms with Gasteiger partial charge < -0.3 is 11.1 Å². The average molecular weight is 237 g/mol. The maximum Gasteiger partial charge on any atom is 0.220 e. The SMILES string of the molecule is Cl.Cl.Nc1nccc(C2CCNC2)n1. The summed E-state index contributed by atoms with van der Waals surface area (Å²) in [4.78, 5) is 8.04. The van der Waals surface area contributed by atoms with Crippen molar-refractivity contribution < 1.29 is 0 Å². The Hall–Kier alpha value is -0.580. The topological polar surface area (TPSA) is 63.8 Å². The zero-order valence-electron chi connectivity index (χ0n) is 7.64. The molecule has 6 heteroatoms. The summed E-state index contributed by atoms with van der Waals surface area (Å²) >= 11 is 0.